The first kappa shape index (κ1) is 43.7. The van der Waals surface area contributed by atoms with Crippen LogP contribution in [-0.2, 0) is 0 Å². The lowest BCUT2D eigenvalue weighted by Gasteiger charge is -2.30. The molecule has 5 nitrogen and oxygen atoms in total. The summed E-state index contributed by atoms with van der Waals surface area (Å²) in [7, 11) is -1.58. The fraction of sp³-hybridized carbons (Fsp3) is 0.0769. The van der Waals surface area contributed by atoms with E-state index in [-0.39, 0.29) is 0 Å². The van der Waals surface area contributed by atoms with E-state index in [0.717, 1.165) is 89.8 Å². The van der Waals surface area contributed by atoms with Crippen molar-refractivity contribution < 1.29 is 0 Å². The lowest BCUT2D eigenvalue weighted by molar-refractivity contribution is 1.05. The van der Waals surface area contributed by atoms with Gasteiger partial charge in [-0.15, -0.1) is 0 Å². The molecule has 12 rings (SSSR count). The summed E-state index contributed by atoms with van der Waals surface area (Å²) in [6, 6.07) is 79.1. The quantitative estimate of drug-likeness (QED) is 0.128. The van der Waals surface area contributed by atoms with E-state index in [1.165, 1.54) is 32.6 Å². The number of aromatic nitrogens is 4. The van der Waals surface area contributed by atoms with Crippen LogP contribution in [-0.4, -0.2) is 27.2 Å². The maximum Gasteiger partial charge on any atom is 0.137 e. The highest BCUT2D eigenvalue weighted by Gasteiger charge is 2.26. The molecule has 4 heterocycles. The highest BCUT2D eigenvalue weighted by Crippen LogP contribution is 2.48. The van der Waals surface area contributed by atoms with Crippen LogP contribution in [0.2, 0.25) is 19.6 Å². The van der Waals surface area contributed by atoms with Crippen molar-refractivity contribution in [2.45, 2.75) is 33.5 Å². The minimum Gasteiger partial charge on any atom is -0.310 e. The van der Waals surface area contributed by atoms with Gasteiger partial charge in [-0.1, -0.05) is 165 Å². The summed E-state index contributed by atoms with van der Waals surface area (Å²) in [5.74, 6) is 0.853. The number of hydrogen-bond donors (Lipinski definition) is 0. The number of aryl methyl sites for hydroxylation is 2. The average molecular weight is 932 g/mol. The van der Waals surface area contributed by atoms with Crippen LogP contribution in [0, 0.1) is 13.8 Å². The first-order valence-corrected chi connectivity index (χ1v) is 28.0. The van der Waals surface area contributed by atoms with Gasteiger partial charge in [0.05, 0.1) is 41.7 Å². The predicted molar refractivity (Wildman–Crippen MR) is 302 cm³/mol. The molecule has 0 aliphatic heterocycles. The SMILES string of the molecule is Cc1cc(-n2c3ccccc3c3ccccc32)cc(C)c1N(c1cc(-c2ccccc2)cc(-c2ccc([Si](C)(C)C)cn2)c1)c1ccc2c(-c3ccccc3)c(-c3ccccc3)n(-c3ccccn3)c2c1. The number of pyridine rings is 2. The number of rotatable bonds is 10. The molecule has 12 aromatic rings. The molecule has 0 spiro atoms. The van der Waals surface area contributed by atoms with Crippen molar-refractivity contribution in [1.82, 2.24) is 19.1 Å². The van der Waals surface area contributed by atoms with E-state index < -0.39 is 8.07 Å². The molecule has 0 fully saturated rings. The molecule has 8 aromatic carbocycles. The molecular formula is C65H53N5Si. The number of hydrogen-bond acceptors (Lipinski definition) is 3. The van der Waals surface area contributed by atoms with E-state index in [0.29, 0.717) is 0 Å². The smallest absolute Gasteiger partial charge is 0.137 e. The van der Waals surface area contributed by atoms with Crippen molar-refractivity contribution in [3.8, 4) is 56.3 Å². The second-order valence-corrected chi connectivity index (χ2v) is 24.7. The molecule has 6 heteroatoms. The summed E-state index contributed by atoms with van der Waals surface area (Å²) < 4.78 is 4.78. The molecule has 0 bridgehead atoms. The van der Waals surface area contributed by atoms with Crippen LogP contribution < -0.4 is 10.1 Å². The van der Waals surface area contributed by atoms with Crippen LogP contribution >= 0.6 is 0 Å². The van der Waals surface area contributed by atoms with E-state index in [4.69, 9.17) is 9.97 Å². The van der Waals surface area contributed by atoms with Gasteiger partial charge < -0.3 is 9.47 Å². The average Bonchev–Trinajstić information content (AvgIpc) is 3.93. The van der Waals surface area contributed by atoms with E-state index in [9.17, 15) is 0 Å². The van der Waals surface area contributed by atoms with Crippen LogP contribution in [0.5, 0.6) is 0 Å². The third kappa shape index (κ3) is 7.83. The molecule has 0 radical (unpaired) electrons. The van der Waals surface area contributed by atoms with E-state index in [2.05, 4.69) is 266 Å². The Labute approximate surface area is 416 Å². The Kier molecular flexibility index (Phi) is 10.9. The molecule has 0 aliphatic carbocycles. The summed E-state index contributed by atoms with van der Waals surface area (Å²) in [5, 5.41) is 4.97. The van der Waals surface area contributed by atoms with Crippen molar-refractivity contribution in [3.63, 3.8) is 0 Å². The minimum absolute atomic E-state index is 0.853. The van der Waals surface area contributed by atoms with Gasteiger partial charge in [0.2, 0.25) is 0 Å². The van der Waals surface area contributed by atoms with Gasteiger partial charge in [0.25, 0.3) is 0 Å². The maximum atomic E-state index is 5.18. The number of para-hydroxylation sites is 2. The monoisotopic (exact) mass is 931 g/mol. The van der Waals surface area contributed by atoms with Gasteiger partial charge in [0.15, 0.2) is 0 Å². The Morgan fingerprint density at radius 2 is 1.01 bits per heavy atom. The Morgan fingerprint density at radius 1 is 0.423 bits per heavy atom. The van der Waals surface area contributed by atoms with E-state index >= 15 is 0 Å². The molecule has 0 atom stereocenters. The Hall–Kier alpha value is -8.58. The highest BCUT2D eigenvalue weighted by molar-refractivity contribution is 6.88. The van der Waals surface area contributed by atoms with Crippen LogP contribution in [0.1, 0.15) is 11.1 Å². The fourth-order valence-electron chi connectivity index (χ4n) is 10.6. The minimum atomic E-state index is -1.58. The summed E-state index contributed by atoms with van der Waals surface area (Å²) in [5.41, 5.74) is 18.9. The van der Waals surface area contributed by atoms with Crippen molar-refractivity contribution in [2.75, 3.05) is 4.90 Å². The number of anilines is 3. The standard InChI is InChI=1S/C65H53N5Si/c1-44-37-52(69-59-29-17-15-27-55(59)56-28-16-18-30-60(56)69)38-45(2)64(44)68(53-40-49(46-21-9-6-10-22-46)39-50(41-53)58-35-33-54(43-67-58)71(3,4)5)51-32-34-57-61(42-51)70(62-31-19-20-36-66-62)65(48-25-13-8-14-26-48)63(57)47-23-11-7-12-24-47/h6-43H,1-5H3. The van der Waals surface area contributed by atoms with Gasteiger partial charge in [-0.05, 0) is 125 Å². The van der Waals surface area contributed by atoms with Gasteiger partial charge in [-0.3, -0.25) is 9.55 Å². The number of benzene rings is 8. The largest absolute Gasteiger partial charge is 0.310 e. The molecule has 0 unspecified atom stereocenters. The first-order valence-electron chi connectivity index (χ1n) is 24.5. The van der Waals surface area contributed by atoms with Crippen LogP contribution in [0.4, 0.5) is 17.1 Å². The molecule has 0 aliphatic rings. The maximum absolute atomic E-state index is 5.18. The first-order chi connectivity index (χ1) is 34.7. The molecule has 0 N–H and O–H groups in total. The molecule has 342 valence electrons. The zero-order chi connectivity index (χ0) is 48.2. The van der Waals surface area contributed by atoms with Gasteiger partial charge >= 0.3 is 0 Å². The second kappa shape index (κ2) is 17.7. The zero-order valence-corrected chi connectivity index (χ0v) is 41.7. The van der Waals surface area contributed by atoms with Crippen LogP contribution in [0.25, 0.3) is 89.0 Å². The third-order valence-electron chi connectivity index (χ3n) is 13.9. The summed E-state index contributed by atoms with van der Waals surface area (Å²) in [4.78, 5) is 12.7. The molecular weight excluding hydrogens is 879 g/mol. The normalized spacial score (nSPS) is 11.7. The van der Waals surface area contributed by atoms with Crippen LogP contribution in [0.15, 0.2) is 231 Å². The van der Waals surface area contributed by atoms with E-state index in [1.807, 2.05) is 12.3 Å². The summed E-state index contributed by atoms with van der Waals surface area (Å²) >= 11 is 0. The number of fused-ring (bicyclic) bond motifs is 4. The Balaban J connectivity index is 1.15. The fourth-order valence-corrected chi connectivity index (χ4v) is 11.7. The van der Waals surface area contributed by atoms with Crippen molar-refractivity contribution in [1.29, 1.82) is 0 Å². The van der Waals surface area contributed by atoms with E-state index in [1.54, 1.807) is 0 Å². The number of nitrogens with zero attached hydrogens (tertiary/aromatic N) is 5. The summed E-state index contributed by atoms with van der Waals surface area (Å²) in [6.07, 6.45) is 3.99. The second-order valence-electron chi connectivity index (χ2n) is 19.6. The lowest BCUT2D eigenvalue weighted by Crippen LogP contribution is -2.37. The topological polar surface area (TPSA) is 38.9 Å². The van der Waals surface area contributed by atoms with Gasteiger partial charge in [0, 0.05) is 56.7 Å². The van der Waals surface area contributed by atoms with Gasteiger partial charge in [-0.2, -0.15) is 0 Å². The van der Waals surface area contributed by atoms with Crippen molar-refractivity contribution in [2.24, 2.45) is 0 Å². The molecule has 71 heavy (non-hydrogen) atoms. The molecule has 0 saturated carbocycles. The molecule has 4 aromatic heterocycles. The van der Waals surface area contributed by atoms with Gasteiger partial charge in [0.1, 0.15) is 5.82 Å². The highest BCUT2D eigenvalue weighted by atomic mass is 28.3. The van der Waals surface area contributed by atoms with Crippen LogP contribution in [0.3, 0.4) is 0 Å². The zero-order valence-electron chi connectivity index (χ0n) is 40.7. The Morgan fingerprint density at radius 3 is 1.62 bits per heavy atom. The molecule has 0 saturated heterocycles. The van der Waals surface area contributed by atoms with Gasteiger partial charge in [-0.25, -0.2) is 4.98 Å². The molecule has 0 amide bonds. The lowest BCUT2D eigenvalue weighted by atomic mass is 9.97. The van der Waals surface area contributed by atoms with Crippen molar-refractivity contribution >= 4 is 63.0 Å². The summed E-state index contributed by atoms with van der Waals surface area (Å²) in [6.45, 7) is 11.7. The van der Waals surface area contributed by atoms with Crippen molar-refractivity contribution in [3.05, 3.63) is 242 Å². The Bertz CT molecular complexity index is 3830. The third-order valence-corrected chi connectivity index (χ3v) is 16.0. The predicted octanol–water partition coefficient (Wildman–Crippen LogP) is 16.8.